The summed E-state index contributed by atoms with van der Waals surface area (Å²) in [5.74, 6) is -0.205. The van der Waals surface area contributed by atoms with Crippen LogP contribution in [0.4, 0.5) is 0 Å². The summed E-state index contributed by atoms with van der Waals surface area (Å²) in [5, 5.41) is 4.51. The predicted octanol–water partition coefficient (Wildman–Crippen LogP) is -0.804. The molecule has 2 aromatic heterocycles. The molecule has 0 radical (unpaired) electrons. The number of nitrogens with one attached hydrogen (secondary N) is 1. The molecule has 0 aromatic carbocycles. The van der Waals surface area contributed by atoms with Crippen molar-refractivity contribution in [2.75, 3.05) is 12.3 Å². The van der Waals surface area contributed by atoms with E-state index in [0.717, 1.165) is 17.4 Å². The molecule has 0 spiro atoms. The number of carbonyl (C=O) groups excluding carboxylic acids is 2. The van der Waals surface area contributed by atoms with E-state index in [0.29, 0.717) is 17.5 Å². The highest BCUT2D eigenvalue weighted by Gasteiger charge is 2.27. The second-order valence-electron chi connectivity index (χ2n) is 6.37. The van der Waals surface area contributed by atoms with Crippen LogP contribution in [0.5, 0.6) is 0 Å². The highest BCUT2D eigenvalue weighted by atomic mass is 32.2. The number of hydrogen-bond acceptors (Lipinski definition) is 7. The van der Waals surface area contributed by atoms with Gasteiger partial charge in [-0.1, -0.05) is 25.1 Å². The summed E-state index contributed by atoms with van der Waals surface area (Å²) in [6.07, 6.45) is 3.13. The fraction of sp³-hybridized carbons (Fsp3) is 0.500. The first-order valence-corrected chi connectivity index (χ1v) is 9.74. The normalized spacial score (nSPS) is 15.8. The van der Waals surface area contributed by atoms with Gasteiger partial charge in [0.05, 0.1) is 12.1 Å². The Morgan fingerprint density at radius 1 is 1.29 bits per heavy atom. The number of rotatable bonds is 6. The lowest BCUT2D eigenvalue weighted by Crippen LogP contribution is -2.38. The molecule has 2 amide bonds. The smallest absolute Gasteiger partial charge is 0.315 e. The van der Waals surface area contributed by atoms with E-state index < -0.39 is 17.2 Å². The van der Waals surface area contributed by atoms with Crippen molar-refractivity contribution in [2.24, 2.45) is 19.2 Å². The van der Waals surface area contributed by atoms with Crippen molar-refractivity contribution in [3.05, 3.63) is 27.2 Å². The van der Waals surface area contributed by atoms with Gasteiger partial charge in [-0.3, -0.25) is 28.4 Å². The Morgan fingerprint density at radius 3 is 2.75 bits per heavy atom. The third-order valence-corrected chi connectivity index (χ3v) is 5.36. The number of hydrazone groups is 1. The highest BCUT2D eigenvalue weighted by molar-refractivity contribution is 8.15. The van der Waals surface area contributed by atoms with Crippen molar-refractivity contribution in [1.82, 2.24) is 29.0 Å². The van der Waals surface area contributed by atoms with Crippen molar-refractivity contribution in [3.63, 3.8) is 0 Å². The first kappa shape index (κ1) is 19.9. The van der Waals surface area contributed by atoms with Gasteiger partial charge < -0.3 is 4.57 Å². The van der Waals surface area contributed by atoms with E-state index in [-0.39, 0.29) is 23.6 Å². The monoisotopic (exact) mass is 407 g/mol. The Morgan fingerprint density at radius 2 is 2.04 bits per heavy atom. The van der Waals surface area contributed by atoms with Crippen LogP contribution >= 0.6 is 11.8 Å². The van der Waals surface area contributed by atoms with Crippen LogP contribution in [0.3, 0.4) is 0 Å². The van der Waals surface area contributed by atoms with Gasteiger partial charge >= 0.3 is 5.69 Å². The fourth-order valence-electron chi connectivity index (χ4n) is 2.84. The zero-order chi connectivity index (χ0) is 20.4. The molecule has 150 valence electrons. The number of unbranched alkanes of at least 4 members (excludes halogenated alkanes) is 1. The molecular formula is C16H21N7O4S. The summed E-state index contributed by atoms with van der Waals surface area (Å²) in [6, 6.07) is 0. The van der Waals surface area contributed by atoms with Crippen molar-refractivity contribution < 1.29 is 9.59 Å². The van der Waals surface area contributed by atoms with E-state index in [9.17, 15) is 19.2 Å². The lowest BCUT2D eigenvalue weighted by molar-refractivity contribution is -0.124. The van der Waals surface area contributed by atoms with Gasteiger partial charge in [0, 0.05) is 20.6 Å². The Kier molecular flexibility index (Phi) is 5.68. The number of thioether (sulfide) groups is 1. The van der Waals surface area contributed by atoms with Crippen molar-refractivity contribution >= 4 is 39.9 Å². The van der Waals surface area contributed by atoms with Crippen LogP contribution in [0.2, 0.25) is 0 Å². The third-order valence-electron chi connectivity index (χ3n) is 4.40. The maximum absolute atomic E-state index is 12.4. The molecule has 0 bridgehead atoms. The average Bonchev–Trinajstić information content (AvgIpc) is 3.25. The molecule has 1 aliphatic rings. The van der Waals surface area contributed by atoms with Crippen LogP contribution in [0.25, 0.3) is 11.2 Å². The van der Waals surface area contributed by atoms with Gasteiger partial charge in [0.15, 0.2) is 16.3 Å². The zero-order valence-electron chi connectivity index (χ0n) is 15.8. The van der Waals surface area contributed by atoms with E-state index in [1.807, 2.05) is 6.92 Å². The lowest BCUT2D eigenvalue weighted by Gasteiger charge is -2.15. The Bertz CT molecular complexity index is 1080. The Hall–Kier alpha value is -2.89. The summed E-state index contributed by atoms with van der Waals surface area (Å²) in [7, 11) is 2.87. The first-order valence-electron chi connectivity index (χ1n) is 8.75. The number of amides is 2. The molecule has 0 atom stereocenters. The largest absolute Gasteiger partial charge is 0.332 e. The van der Waals surface area contributed by atoms with E-state index in [2.05, 4.69) is 15.5 Å². The van der Waals surface area contributed by atoms with Crippen LogP contribution < -0.4 is 16.7 Å². The van der Waals surface area contributed by atoms with Crippen LogP contribution in [0.1, 0.15) is 19.8 Å². The predicted molar refractivity (Wildman–Crippen MR) is 105 cm³/mol. The van der Waals surface area contributed by atoms with E-state index >= 15 is 0 Å². The average molecular weight is 407 g/mol. The summed E-state index contributed by atoms with van der Waals surface area (Å²) < 4.78 is 3.58. The van der Waals surface area contributed by atoms with Gasteiger partial charge in [0.2, 0.25) is 5.91 Å². The first-order chi connectivity index (χ1) is 13.3. The Balaban J connectivity index is 1.78. The minimum absolute atomic E-state index is 0.0310. The molecule has 28 heavy (non-hydrogen) atoms. The number of amidine groups is 1. The van der Waals surface area contributed by atoms with Crippen LogP contribution in [-0.2, 0) is 30.2 Å². The molecule has 1 aliphatic heterocycles. The molecule has 0 unspecified atom stereocenters. The minimum atomic E-state index is -0.530. The quantitative estimate of drug-likeness (QED) is 0.625. The SMILES string of the molecule is CCCCN1C(=O)CS/C1=N\NC(=O)Cn1cnc2c1c(=O)n(C)c(=O)n2C. The second kappa shape index (κ2) is 8.00. The second-order valence-corrected chi connectivity index (χ2v) is 7.31. The fourth-order valence-corrected chi connectivity index (χ4v) is 3.70. The number of carbonyl (C=O) groups is 2. The molecular weight excluding hydrogens is 386 g/mol. The number of imidazole rings is 1. The maximum Gasteiger partial charge on any atom is 0.332 e. The van der Waals surface area contributed by atoms with Gasteiger partial charge in [-0.15, -0.1) is 5.10 Å². The number of aromatic nitrogens is 4. The van der Waals surface area contributed by atoms with Gasteiger partial charge in [-0.2, -0.15) is 0 Å². The molecule has 1 N–H and O–H groups in total. The number of fused-ring (bicyclic) bond motifs is 1. The summed E-state index contributed by atoms with van der Waals surface area (Å²) >= 11 is 1.27. The topological polar surface area (TPSA) is 124 Å². The molecule has 3 rings (SSSR count). The van der Waals surface area contributed by atoms with E-state index in [1.54, 1.807) is 4.90 Å². The van der Waals surface area contributed by atoms with Crippen molar-refractivity contribution in [1.29, 1.82) is 0 Å². The van der Waals surface area contributed by atoms with Crippen LogP contribution in [0.15, 0.2) is 21.0 Å². The molecule has 0 saturated carbocycles. The number of hydrogen-bond donors (Lipinski definition) is 1. The molecule has 1 fully saturated rings. The molecule has 12 heteroatoms. The van der Waals surface area contributed by atoms with E-state index in [4.69, 9.17) is 0 Å². The molecule has 3 heterocycles. The van der Waals surface area contributed by atoms with Gasteiger partial charge in [-0.05, 0) is 6.42 Å². The third kappa shape index (κ3) is 3.59. The van der Waals surface area contributed by atoms with Crippen molar-refractivity contribution in [3.8, 4) is 0 Å². The molecule has 11 nitrogen and oxygen atoms in total. The minimum Gasteiger partial charge on any atom is -0.315 e. The van der Waals surface area contributed by atoms with Gasteiger partial charge in [0.25, 0.3) is 11.5 Å². The standard InChI is InChI=1S/C16H21N7O4S/c1-4-5-6-23-11(25)8-28-15(23)19-18-10(24)7-22-9-17-13-12(22)14(26)21(3)16(27)20(13)2/h9H,4-8H2,1-3H3,(H,18,24)/b19-15-. The zero-order valence-corrected chi connectivity index (χ0v) is 16.7. The maximum atomic E-state index is 12.4. The highest BCUT2D eigenvalue weighted by Crippen LogP contribution is 2.19. The lowest BCUT2D eigenvalue weighted by atomic mass is 10.3. The Labute approximate surface area is 164 Å². The summed E-state index contributed by atoms with van der Waals surface area (Å²) in [4.78, 5) is 54.2. The van der Waals surface area contributed by atoms with Gasteiger partial charge in [-0.25, -0.2) is 15.2 Å². The van der Waals surface area contributed by atoms with Gasteiger partial charge in [0.1, 0.15) is 6.54 Å². The number of nitrogens with zero attached hydrogens (tertiary/aromatic N) is 6. The molecule has 1 saturated heterocycles. The number of aryl methyl sites for hydroxylation is 1. The van der Waals surface area contributed by atoms with Crippen molar-refractivity contribution in [2.45, 2.75) is 26.3 Å². The molecule has 0 aliphatic carbocycles. The van der Waals surface area contributed by atoms with E-state index in [1.165, 1.54) is 41.3 Å². The summed E-state index contributed by atoms with van der Waals surface area (Å²) in [6.45, 7) is 2.39. The van der Waals surface area contributed by atoms with Crippen LogP contribution in [-0.4, -0.2) is 52.9 Å². The molecule has 2 aromatic rings. The van der Waals surface area contributed by atoms with Crippen LogP contribution in [0, 0.1) is 0 Å². The summed E-state index contributed by atoms with van der Waals surface area (Å²) in [5.41, 5.74) is 1.76.